The van der Waals surface area contributed by atoms with Gasteiger partial charge in [0.15, 0.2) is 0 Å². The molecule has 0 aliphatic heterocycles. The fourth-order valence-corrected chi connectivity index (χ4v) is 2.32. The lowest BCUT2D eigenvalue weighted by molar-refractivity contribution is 0.406. The summed E-state index contributed by atoms with van der Waals surface area (Å²) in [4.78, 5) is 0. The van der Waals surface area contributed by atoms with E-state index in [1.165, 1.54) is 11.1 Å². The van der Waals surface area contributed by atoms with Gasteiger partial charge in [-0.3, -0.25) is 0 Å². The van der Waals surface area contributed by atoms with Crippen molar-refractivity contribution in [2.45, 2.75) is 26.4 Å². The van der Waals surface area contributed by atoms with Crippen molar-refractivity contribution in [1.29, 1.82) is 0 Å². The van der Waals surface area contributed by atoms with Gasteiger partial charge in [-0.15, -0.1) is 0 Å². The summed E-state index contributed by atoms with van der Waals surface area (Å²) in [5.41, 5.74) is 3.62. The number of methoxy groups -OCH3 is 1. The van der Waals surface area contributed by atoms with Crippen LogP contribution in [0.5, 0.6) is 5.75 Å². The van der Waals surface area contributed by atoms with Crippen LogP contribution < -0.4 is 10.1 Å². The van der Waals surface area contributed by atoms with Crippen LogP contribution in [-0.4, -0.2) is 7.11 Å². The van der Waals surface area contributed by atoms with E-state index >= 15 is 0 Å². The van der Waals surface area contributed by atoms with Crippen LogP contribution in [0, 0.1) is 6.92 Å². The molecule has 0 saturated heterocycles. The fraction of sp³-hybridized carbons (Fsp3) is 0.294. The maximum atomic E-state index is 6.04. The molecular formula is C17H20ClNO. The van der Waals surface area contributed by atoms with Crippen molar-refractivity contribution in [3.63, 3.8) is 0 Å². The average molecular weight is 290 g/mol. The first-order valence-electron chi connectivity index (χ1n) is 6.72. The minimum absolute atomic E-state index is 0.277. The van der Waals surface area contributed by atoms with E-state index in [1.54, 1.807) is 7.11 Å². The van der Waals surface area contributed by atoms with E-state index < -0.39 is 0 Å². The fourth-order valence-electron chi connectivity index (χ4n) is 2.12. The van der Waals surface area contributed by atoms with Crippen LogP contribution in [0.3, 0.4) is 0 Å². The van der Waals surface area contributed by atoms with Crippen LogP contribution in [0.1, 0.15) is 29.7 Å². The first kappa shape index (κ1) is 14.9. The Balaban J connectivity index is 2.04. The molecule has 2 aromatic carbocycles. The predicted molar refractivity (Wildman–Crippen MR) is 84.4 cm³/mol. The van der Waals surface area contributed by atoms with Gasteiger partial charge in [-0.05, 0) is 37.6 Å². The molecular weight excluding hydrogens is 270 g/mol. The minimum atomic E-state index is 0.277. The maximum absolute atomic E-state index is 6.04. The Morgan fingerprint density at radius 2 is 1.85 bits per heavy atom. The Bertz CT molecular complexity index is 566. The van der Waals surface area contributed by atoms with Crippen molar-refractivity contribution < 1.29 is 4.74 Å². The summed E-state index contributed by atoms with van der Waals surface area (Å²) >= 11 is 6.04. The first-order valence-corrected chi connectivity index (χ1v) is 7.10. The van der Waals surface area contributed by atoms with E-state index in [0.29, 0.717) is 0 Å². The van der Waals surface area contributed by atoms with Crippen LogP contribution in [0.25, 0.3) is 0 Å². The number of halogens is 1. The first-order chi connectivity index (χ1) is 9.60. The average Bonchev–Trinajstić information content (AvgIpc) is 2.45. The molecule has 2 aromatic rings. The number of nitrogens with one attached hydrogen (secondary N) is 1. The third-order valence-corrected chi connectivity index (χ3v) is 3.65. The zero-order valence-electron chi connectivity index (χ0n) is 12.1. The van der Waals surface area contributed by atoms with Gasteiger partial charge in [-0.1, -0.05) is 41.4 Å². The van der Waals surface area contributed by atoms with Crippen LogP contribution in [0.4, 0.5) is 0 Å². The summed E-state index contributed by atoms with van der Waals surface area (Å²) in [5, 5.41) is 4.23. The molecule has 0 saturated carbocycles. The van der Waals surface area contributed by atoms with Crippen molar-refractivity contribution in [1.82, 2.24) is 5.32 Å². The highest BCUT2D eigenvalue weighted by atomic mass is 35.5. The number of hydrogen-bond donors (Lipinski definition) is 1. The second kappa shape index (κ2) is 6.78. The summed E-state index contributed by atoms with van der Waals surface area (Å²) in [6, 6.07) is 14.5. The van der Waals surface area contributed by atoms with Gasteiger partial charge in [0.25, 0.3) is 0 Å². The lowest BCUT2D eigenvalue weighted by atomic mass is 10.1. The molecule has 0 aromatic heterocycles. The van der Waals surface area contributed by atoms with Crippen LogP contribution >= 0.6 is 11.6 Å². The van der Waals surface area contributed by atoms with E-state index in [9.17, 15) is 0 Å². The molecule has 0 aliphatic rings. The molecule has 0 amide bonds. The van der Waals surface area contributed by atoms with Crippen molar-refractivity contribution in [3.8, 4) is 5.75 Å². The summed E-state index contributed by atoms with van der Waals surface area (Å²) in [5.74, 6) is 0.859. The molecule has 0 fully saturated rings. The molecule has 0 unspecified atom stereocenters. The van der Waals surface area contributed by atoms with Crippen LogP contribution in [0.15, 0.2) is 42.5 Å². The summed E-state index contributed by atoms with van der Waals surface area (Å²) in [6.07, 6.45) is 0. The standard InChI is InChI=1S/C17H20ClNO/c1-12-4-6-14(7-5-12)13(2)19-11-15-10-16(18)8-9-17(15)20-3/h4-10,13,19H,11H2,1-3H3/t13-/m0/s1. The third kappa shape index (κ3) is 3.75. The Morgan fingerprint density at radius 3 is 2.50 bits per heavy atom. The second-order valence-electron chi connectivity index (χ2n) is 4.97. The quantitative estimate of drug-likeness (QED) is 0.874. The lowest BCUT2D eigenvalue weighted by Gasteiger charge is -2.16. The van der Waals surface area contributed by atoms with Crippen molar-refractivity contribution in [2.75, 3.05) is 7.11 Å². The Kier molecular flexibility index (Phi) is 5.05. The molecule has 1 N–H and O–H groups in total. The molecule has 20 heavy (non-hydrogen) atoms. The normalized spacial score (nSPS) is 12.2. The molecule has 2 nitrogen and oxygen atoms in total. The third-order valence-electron chi connectivity index (χ3n) is 3.42. The monoisotopic (exact) mass is 289 g/mol. The van der Waals surface area contributed by atoms with Gasteiger partial charge in [0.2, 0.25) is 0 Å². The summed E-state index contributed by atoms with van der Waals surface area (Å²) in [7, 11) is 1.68. The van der Waals surface area contributed by atoms with Gasteiger partial charge in [0, 0.05) is 23.2 Å². The number of benzene rings is 2. The second-order valence-corrected chi connectivity index (χ2v) is 5.41. The Hall–Kier alpha value is -1.51. The zero-order valence-corrected chi connectivity index (χ0v) is 12.9. The van der Waals surface area contributed by atoms with E-state index in [1.807, 2.05) is 18.2 Å². The van der Waals surface area contributed by atoms with Crippen LogP contribution in [-0.2, 0) is 6.54 Å². The smallest absolute Gasteiger partial charge is 0.123 e. The Labute approximate surface area is 125 Å². The van der Waals surface area contributed by atoms with E-state index in [2.05, 4.69) is 43.4 Å². The minimum Gasteiger partial charge on any atom is -0.496 e. The summed E-state index contributed by atoms with van der Waals surface area (Å²) < 4.78 is 5.36. The predicted octanol–water partition coefficient (Wildman–Crippen LogP) is 4.51. The van der Waals surface area contributed by atoms with E-state index in [-0.39, 0.29) is 6.04 Å². The SMILES string of the molecule is COc1ccc(Cl)cc1CN[C@@H](C)c1ccc(C)cc1. The van der Waals surface area contributed by atoms with Crippen molar-refractivity contribution in [3.05, 3.63) is 64.2 Å². The van der Waals surface area contributed by atoms with Crippen molar-refractivity contribution >= 4 is 11.6 Å². The highest BCUT2D eigenvalue weighted by Crippen LogP contribution is 2.23. The Morgan fingerprint density at radius 1 is 1.15 bits per heavy atom. The number of aryl methyl sites for hydroxylation is 1. The number of rotatable bonds is 5. The molecule has 0 aliphatic carbocycles. The molecule has 0 radical (unpaired) electrons. The number of hydrogen-bond acceptors (Lipinski definition) is 2. The van der Waals surface area contributed by atoms with Gasteiger partial charge >= 0.3 is 0 Å². The van der Waals surface area contributed by atoms with Gasteiger partial charge in [-0.25, -0.2) is 0 Å². The molecule has 106 valence electrons. The van der Waals surface area contributed by atoms with Gasteiger partial charge in [-0.2, -0.15) is 0 Å². The van der Waals surface area contributed by atoms with E-state index in [0.717, 1.165) is 22.9 Å². The molecule has 2 rings (SSSR count). The zero-order chi connectivity index (χ0) is 14.5. The molecule has 0 bridgehead atoms. The molecule has 0 spiro atoms. The lowest BCUT2D eigenvalue weighted by Crippen LogP contribution is -2.18. The molecule has 0 heterocycles. The maximum Gasteiger partial charge on any atom is 0.123 e. The van der Waals surface area contributed by atoms with Crippen LogP contribution in [0.2, 0.25) is 5.02 Å². The highest BCUT2D eigenvalue weighted by molar-refractivity contribution is 6.30. The van der Waals surface area contributed by atoms with E-state index in [4.69, 9.17) is 16.3 Å². The topological polar surface area (TPSA) is 21.3 Å². The molecule has 3 heteroatoms. The number of ether oxygens (including phenoxy) is 1. The molecule has 1 atom stereocenters. The van der Waals surface area contributed by atoms with Gasteiger partial charge in [0.1, 0.15) is 5.75 Å². The highest BCUT2D eigenvalue weighted by Gasteiger charge is 2.08. The van der Waals surface area contributed by atoms with Crippen molar-refractivity contribution in [2.24, 2.45) is 0 Å². The van der Waals surface area contributed by atoms with Gasteiger partial charge in [0.05, 0.1) is 7.11 Å². The largest absolute Gasteiger partial charge is 0.496 e. The van der Waals surface area contributed by atoms with Gasteiger partial charge < -0.3 is 10.1 Å². The summed E-state index contributed by atoms with van der Waals surface area (Å²) in [6.45, 7) is 4.97.